The highest BCUT2D eigenvalue weighted by Gasteiger charge is 2.42. The molecule has 0 N–H and O–H groups in total. The number of Topliss-reactive ketones (excluding diaryl/α,β-unsaturated/α-hetero) is 1. The number of benzene rings is 5. The Hall–Kier alpha value is -6.81. The average molecular weight is 755 g/mol. The largest absolute Gasteiger partial charge is 0.369 e. The first-order valence-corrected chi connectivity index (χ1v) is 19.3. The molecule has 0 fully saturated rings. The summed E-state index contributed by atoms with van der Waals surface area (Å²) < 4.78 is 3.34. The van der Waals surface area contributed by atoms with E-state index in [2.05, 4.69) is 77.8 Å². The molecule has 0 bridgehead atoms. The zero-order valence-corrected chi connectivity index (χ0v) is 32.8. The molecule has 0 spiro atoms. The predicted octanol–water partition coefficient (Wildman–Crippen LogP) is 8.15. The van der Waals surface area contributed by atoms with Crippen LogP contribution in [0.4, 0.5) is 5.95 Å². The fraction of sp³-hybridized carbons (Fsp3) is 0.213. The van der Waals surface area contributed by atoms with Crippen LogP contribution in [0.25, 0.3) is 22.5 Å². The van der Waals surface area contributed by atoms with Crippen LogP contribution in [0.1, 0.15) is 60.2 Å². The third-order valence-electron chi connectivity index (χ3n) is 10.1. The zero-order chi connectivity index (χ0) is 39.8. The van der Waals surface area contributed by atoms with Crippen LogP contribution >= 0.6 is 0 Å². The summed E-state index contributed by atoms with van der Waals surface area (Å²) in [6.45, 7) is 3.49. The number of aromatic nitrogens is 6. The standard InChI is InChI=1S/C47H46N8O2/c1-5-6-26-43-42(45(57)54(32-34(2)56)46(49-43)48-33-53(3)4)31-35-27-29-36(30-28-35)40-24-16-17-25-41(40)44-50-51-52-55(44)47(37-18-10-7-11-19-37,38-20-12-8-13-21-38)39-22-14-9-15-23-39/h7-25,27-30,33H,5-6,26,31-32H2,1-4H3. The highest BCUT2D eigenvalue weighted by atomic mass is 16.1. The molecule has 0 aliphatic rings. The van der Waals surface area contributed by atoms with Crippen molar-refractivity contribution in [1.29, 1.82) is 0 Å². The van der Waals surface area contributed by atoms with E-state index < -0.39 is 5.54 Å². The number of unbranched alkanes of at least 4 members (excludes halogenated alkanes) is 1. The molecule has 286 valence electrons. The van der Waals surface area contributed by atoms with Crippen LogP contribution in [0.3, 0.4) is 0 Å². The molecule has 0 aliphatic carbocycles. The minimum atomic E-state index is -0.897. The summed E-state index contributed by atoms with van der Waals surface area (Å²) in [5.41, 5.74) is 6.97. The molecule has 0 unspecified atom stereocenters. The van der Waals surface area contributed by atoms with E-state index in [1.165, 1.54) is 11.5 Å². The van der Waals surface area contributed by atoms with Gasteiger partial charge in [-0.1, -0.05) is 153 Å². The van der Waals surface area contributed by atoms with Crippen molar-refractivity contribution in [3.63, 3.8) is 0 Å². The summed E-state index contributed by atoms with van der Waals surface area (Å²) in [7, 11) is 3.70. The van der Waals surface area contributed by atoms with E-state index in [9.17, 15) is 9.59 Å². The van der Waals surface area contributed by atoms with Gasteiger partial charge in [-0.15, -0.1) is 5.10 Å². The van der Waals surface area contributed by atoms with Gasteiger partial charge in [-0.3, -0.25) is 14.2 Å². The molecule has 0 aliphatic heterocycles. The van der Waals surface area contributed by atoms with E-state index in [4.69, 9.17) is 15.3 Å². The lowest BCUT2D eigenvalue weighted by Gasteiger charge is -2.36. The van der Waals surface area contributed by atoms with E-state index in [-0.39, 0.29) is 23.8 Å². The molecule has 57 heavy (non-hydrogen) atoms. The highest BCUT2D eigenvalue weighted by Crippen LogP contribution is 2.43. The van der Waals surface area contributed by atoms with E-state index >= 15 is 0 Å². The Kier molecular flexibility index (Phi) is 11.7. The molecule has 2 heterocycles. The van der Waals surface area contributed by atoms with Gasteiger partial charge in [0.1, 0.15) is 11.3 Å². The van der Waals surface area contributed by atoms with Gasteiger partial charge < -0.3 is 4.90 Å². The number of aryl methyl sites for hydroxylation is 1. The SMILES string of the molecule is CCCCc1nc(N=CN(C)C)n(CC(C)=O)c(=O)c1Cc1ccc(-c2ccccc2-c2nnnn2C(c2ccccc2)(c2ccccc2)c2ccccc2)cc1. The summed E-state index contributed by atoms with van der Waals surface area (Å²) in [5.74, 6) is 0.708. The molecule has 5 aromatic carbocycles. The van der Waals surface area contributed by atoms with Gasteiger partial charge >= 0.3 is 0 Å². The number of carbonyl (C=O) groups excluding carboxylic acids is 1. The van der Waals surface area contributed by atoms with Crippen LogP contribution in [0.2, 0.25) is 0 Å². The van der Waals surface area contributed by atoms with E-state index in [1.807, 2.05) is 97.6 Å². The maximum atomic E-state index is 14.1. The minimum Gasteiger partial charge on any atom is -0.369 e. The van der Waals surface area contributed by atoms with Crippen LogP contribution in [0.5, 0.6) is 0 Å². The first-order chi connectivity index (χ1) is 27.8. The lowest BCUT2D eigenvalue weighted by molar-refractivity contribution is -0.117. The van der Waals surface area contributed by atoms with Gasteiger partial charge in [0, 0.05) is 31.6 Å². The van der Waals surface area contributed by atoms with Gasteiger partial charge in [0.25, 0.3) is 5.56 Å². The molecule has 10 nitrogen and oxygen atoms in total. The van der Waals surface area contributed by atoms with Crippen molar-refractivity contribution in [2.24, 2.45) is 4.99 Å². The Morgan fingerprint density at radius 2 is 1.33 bits per heavy atom. The van der Waals surface area contributed by atoms with Gasteiger partial charge in [-0.25, -0.2) is 14.7 Å². The molecule has 0 saturated heterocycles. The Morgan fingerprint density at radius 1 is 0.772 bits per heavy atom. The van der Waals surface area contributed by atoms with E-state index in [0.717, 1.165) is 51.8 Å². The third kappa shape index (κ3) is 7.98. The van der Waals surface area contributed by atoms with Gasteiger partial charge in [-0.2, -0.15) is 0 Å². The number of tetrazole rings is 1. The van der Waals surface area contributed by atoms with Crippen LogP contribution < -0.4 is 5.56 Å². The second-order valence-corrected chi connectivity index (χ2v) is 14.4. The molecule has 7 rings (SSSR count). The molecule has 0 radical (unpaired) electrons. The Balaban J connectivity index is 1.32. The van der Waals surface area contributed by atoms with Gasteiger partial charge in [0.2, 0.25) is 5.95 Å². The Bertz CT molecular complexity index is 2430. The summed E-state index contributed by atoms with van der Waals surface area (Å²) in [6.07, 6.45) is 4.44. The number of hydrogen-bond acceptors (Lipinski definition) is 7. The lowest BCUT2D eigenvalue weighted by atomic mass is 9.77. The quantitative estimate of drug-likeness (QED) is 0.0590. The molecule has 2 aromatic heterocycles. The second-order valence-electron chi connectivity index (χ2n) is 14.4. The van der Waals surface area contributed by atoms with Crippen LogP contribution in [-0.4, -0.2) is 60.9 Å². The van der Waals surface area contributed by atoms with Gasteiger partial charge in [0.15, 0.2) is 5.82 Å². The zero-order valence-electron chi connectivity index (χ0n) is 32.8. The van der Waals surface area contributed by atoms with Crippen molar-refractivity contribution in [2.75, 3.05) is 14.1 Å². The highest BCUT2D eigenvalue weighted by molar-refractivity contribution is 5.81. The minimum absolute atomic E-state index is 0.0949. The predicted molar refractivity (Wildman–Crippen MR) is 226 cm³/mol. The normalized spacial score (nSPS) is 11.6. The fourth-order valence-corrected chi connectivity index (χ4v) is 7.41. The lowest BCUT2D eigenvalue weighted by Crippen LogP contribution is -2.39. The first kappa shape index (κ1) is 38.5. The average Bonchev–Trinajstić information content (AvgIpc) is 3.73. The third-order valence-corrected chi connectivity index (χ3v) is 10.1. The Labute approximate surface area is 333 Å². The van der Waals surface area contributed by atoms with Crippen molar-refractivity contribution in [2.45, 2.75) is 51.6 Å². The summed E-state index contributed by atoms with van der Waals surface area (Å²) >= 11 is 0. The van der Waals surface area contributed by atoms with E-state index in [0.29, 0.717) is 29.9 Å². The van der Waals surface area contributed by atoms with Crippen molar-refractivity contribution in [1.82, 2.24) is 34.7 Å². The smallest absolute Gasteiger partial charge is 0.259 e. The summed E-state index contributed by atoms with van der Waals surface area (Å²) in [6, 6.07) is 47.5. The number of ketones is 1. The van der Waals surface area contributed by atoms with E-state index in [1.54, 1.807) is 11.2 Å². The number of carbonyl (C=O) groups is 1. The monoisotopic (exact) mass is 754 g/mol. The Morgan fingerprint density at radius 3 is 1.88 bits per heavy atom. The van der Waals surface area contributed by atoms with Gasteiger partial charge in [0.05, 0.1) is 18.6 Å². The summed E-state index contributed by atoms with van der Waals surface area (Å²) in [5, 5.41) is 13.8. The maximum absolute atomic E-state index is 14.1. The van der Waals surface area contributed by atoms with Gasteiger partial charge in [-0.05, 0) is 63.6 Å². The van der Waals surface area contributed by atoms with Crippen LogP contribution in [0, 0.1) is 0 Å². The topological polar surface area (TPSA) is 111 Å². The van der Waals surface area contributed by atoms with Crippen molar-refractivity contribution in [3.8, 4) is 22.5 Å². The van der Waals surface area contributed by atoms with Crippen LogP contribution in [-0.2, 0) is 29.7 Å². The second kappa shape index (κ2) is 17.3. The molecular weight excluding hydrogens is 709 g/mol. The van der Waals surface area contributed by atoms with Crippen molar-refractivity contribution >= 4 is 18.1 Å². The summed E-state index contributed by atoms with van der Waals surface area (Å²) in [4.78, 5) is 37.5. The number of hydrogen-bond donors (Lipinski definition) is 0. The number of nitrogens with zero attached hydrogens (tertiary/aromatic N) is 8. The molecule has 0 saturated carbocycles. The first-order valence-electron chi connectivity index (χ1n) is 19.3. The molecule has 10 heteroatoms. The number of aliphatic imine (C=N–C) groups is 1. The molecule has 0 atom stereocenters. The maximum Gasteiger partial charge on any atom is 0.259 e. The van der Waals surface area contributed by atoms with Crippen molar-refractivity contribution < 1.29 is 4.79 Å². The number of rotatable bonds is 15. The van der Waals surface area contributed by atoms with Crippen LogP contribution in [0.15, 0.2) is 149 Å². The molecular formula is C47H46N8O2. The fourth-order valence-electron chi connectivity index (χ4n) is 7.41. The molecule has 7 aromatic rings. The van der Waals surface area contributed by atoms with Crippen molar-refractivity contribution in [3.05, 3.63) is 183 Å². The molecule has 0 amide bonds.